The van der Waals surface area contributed by atoms with Crippen molar-refractivity contribution in [2.45, 2.75) is 31.7 Å². The minimum atomic E-state index is -0.0519. The number of phenols is 1. The van der Waals surface area contributed by atoms with Gasteiger partial charge in [0.2, 0.25) is 0 Å². The fourth-order valence-electron chi connectivity index (χ4n) is 2.97. The monoisotopic (exact) mass is 308 g/mol. The Hall–Kier alpha value is -1.26. The Labute approximate surface area is 130 Å². The number of phenolic OH excluding ortho intramolecular Hbond substituents is 1. The van der Waals surface area contributed by atoms with Crippen molar-refractivity contribution in [3.8, 4) is 5.75 Å². The molecule has 0 spiro atoms. The van der Waals surface area contributed by atoms with Gasteiger partial charge < -0.3 is 15.3 Å². The van der Waals surface area contributed by atoms with Crippen molar-refractivity contribution < 1.29 is 9.90 Å². The fourth-order valence-corrected chi connectivity index (χ4v) is 3.17. The van der Waals surface area contributed by atoms with Crippen LogP contribution >= 0.6 is 11.6 Å². The normalized spacial score (nSPS) is 22.0. The first-order valence-electron chi connectivity index (χ1n) is 7.65. The van der Waals surface area contributed by atoms with E-state index in [1.54, 1.807) is 6.07 Å². The van der Waals surface area contributed by atoms with Gasteiger partial charge in [-0.05, 0) is 62.9 Å². The Kier molecular flexibility index (Phi) is 4.36. The van der Waals surface area contributed by atoms with E-state index in [9.17, 15) is 9.90 Å². The summed E-state index contributed by atoms with van der Waals surface area (Å²) in [6.07, 6.45) is 4.48. The molecule has 2 N–H and O–H groups in total. The predicted molar refractivity (Wildman–Crippen MR) is 82.8 cm³/mol. The number of benzene rings is 1. The van der Waals surface area contributed by atoms with Crippen molar-refractivity contribution in [1.29, 1.82) is 0 Å². The highest BCUT2D eigenvalue weighted by atomic mass is 35.5. The van der Waals surface area contributed by atoms with Crippen LogP contribution in [0.2, 0.25) is 5.02 Å². The van der Waals surface area contributed by atoms with Crippen molar-refractivity contribution in [3.05, 3.63) is 28.8 Å². The second-order valence-corrected chi connectivity index (χ2v) is 6.47. The number of nitrogens with zero attached hydrogens (tertiary/aromatic N) is 1. The molecule has 2 aliphatic rings. The van der Waals surface area contributed by atoms with E-state index in [0.29, 0.717) is 22.5 Å². The van der Waals surface area contributed by atoms with Gasteiger partial charge in [-0.3, -0.25) is 4.79 Å². The highest BCUT2D eigenvalue weighted by Crippen LogP contribution is 2.32. The van der Waals surface area contributed by atoms with Crippen LogP contribution in [0.5, 0.6) is 5.75 Å². The molecule has 0 aromatic heterocycles. The molecule has 1 saturated heterocycles. The molecule has 3 rings (SSSR count). The highest BCUT2D eigenvalue weighted by molar-refractivity contribution is 6.33. The standard InChI is InChI=1S/C16H21ClN2O2/c17-15-6-5-13(20)8-14(15)16(21)19(12-3-4-12)10-11-2-1-7-18-9-11/h5-6,8,11-12,18,20H,1-4,7,9-10H2. The smallest absolute Gasteiger partial charge is 0.255 e. The van der Waals surface area contributed by atoms with Crippen molar-refractivity contribution in [2.24, 2.45) is 5.92 Å². The molecule has 2 fully saturated rings. The summed E-state index contributed by atoms with van der Waals surface area (Å²) in [4.78, 5) is 14.7. The Morgan fingerprint density at radius 1 is 1.38 bits per heavy atom. The summed E-state index contributed by atoms with van der Waals surface area (Å²) in [5.74, 6) is 0.543. The summed E-state index contributed by atoms with van der Waals surface area (Å²) in [6.45, 7) is 2.83. The van der Waals surface area contributed by atoms with Gasteiger partial charge >= 0.3 is 0 Å². The van der Waals surface area contributed by atoms with Gasteiger partial charge in [-0.2, -0.15) is 0 Å². The topological polar surface area (TPSA) is 52.6 Å². The maximum absolute atomic E-state index is 12.8. The van der Waals surface area contributed by atoms with Gasteiger partial charge in [0.05, 0.1) is 10.6 Å². The quantitative estimate of drug-likeness (QED) is 0.899. The van der Waals surface area contributed by atoms with Gasteiger partial charge in [-0.25, -0.2) is 0 Å². The summed E-state index contributed by atoms with van der Waals surface area (Å²) < 4.78 is 0. The molecule has 1 atom stereocenters. The largest absolute Gasteiger partial charge is 0.508 e. The average Bonchev–Trinajstić information content (AvgIpc) is 3.32. The molecule has 1 unspecified atom stereocenters. The number of halogens is 1. The van der Waals surface area contributed by atoms with Crippen LogP contribution in [0.1, 0.15) is 36.0 Å². The SMILES string of the molecule is O=C(c1cc(O)ccc1Cl)N(CC1CCCNC1)C1CC1. The van der Waals surface area contributed by atoms with Crippen LogP contribution in [-0.2, 0) is 0 Å². The predicted octanol–water partition coefficient (Wildman–Crippen LogP) is 2.65. The number of carbonyl (C=O) groups excluding carboxylic acids is 1. The average molecular weight is 309 g/mol. The number of rotatable bonds is 4. The molecule has 5 heteroatoms. The van der Waals surface area contributed by atoms with Crippen LogP contribution < -0.4 is 5.32 Å². The zero-order valence-corrected chi connectivity index (χ0v) is 12.8. The molecule has 1 aromatic carbocycles. The third-order valence-electron chi connectivity index (χ3n) is 4.28. The molecular weight excluding hydrogens is 288 g/mol. The van der Waals surface area contributed by atoms with Crippen LogP contribution in [0, 0.1) is 5.92 Å². The first-order valence-corrected chi connectivity index (χ1v) is 8.03. The van der Waals surface area contributed by atoms with E-state index in [2.05, 4.69) is 5.32 Å². The second-order valence-electron chi connectivity index (χ2n) is 6.07. The van der Waals surface area contributed by atoms with Gasteiger partial charge in [0.15, 0.2) is 0 Å². The number of hydrogen-bond donors (Lipinski definition) is 2. The van der Waals surface area contributed by atoms with Crippen LogP contribution in [-0.4, -0.2) is 41.6 Å². The van der Waals surface area contributed by atoms with Gasteiger partial charge in [-0.1, -0.05) is 11.6 Å². The fraction of sp³-hybridized carbons (Fsp3) is 0.562. The van der Waals surface area contributed by atoms with E-state index in [4.69, 9.17) is 11.6 Å². The van der Waals surface area contributed by atoms with E-state index in [1.807, 2.05) is 4.90 Å². The lowest BCUT2D eigenvalue weighted by Gasteiger charge is -2.30. The lowest BCUT2D eigenvalue weighted by atomic mass is 9.98. The van der Waals surface area contributed by atoms with Gasteiger partial charge in [0.1, 0.15) is 5.75 Å². The Morgan fingerprint density at radius 2 is 2.19 bits per heavy atom. The van der Waals surface area contributed by atoms with Crippen molar-refractivity contribution in [2.75, 3.05) is 19.6 Å². The molecular formula is C16H21ClN2O2. The number of hydrogen-bond acceptors (Lipinski definition) is 3. The van der Waals surface area contributed by atoms with Crippen LogP contribution in [0.4, 0.5) is 0 Å². The number of piperidine rings is 1. The third kappa shape index (κ3) is 3.50. The number of aromatic hydroxyl groups is 1. The Morgan fingerprint density at radius 3 is 2.86 bits per heavy atom. The maximum atomic E-state index is 12.8. The molecule has 1 heterocycles. The maximum Gasteiger partial charge on any atom is 0.255 e. The third-order valence-corrected chi connectivity index (χ3v) is 4.61. The lowest BCUT2D eigenvalue weighted by Crippen LogP contribution is -2.42. The minimum Gasteiger partial charge on any atom is -0.508 e. The summed E-state index contributed by atoms with van der Waals surface area (Å²) in [7, 11) is 0. The number of nitrogens with one attached hydrogen (secondary N) is 1. The first kappa shape index (κ1) is 14.7. The Bertz CT molecular complexity index is 525. The number of amides is 1. The molecule has 21 heavy (non-hydrogen) atoms. The summed E-state index contributed by atoms with van der Waals surface area (Å²) in [6, 6.07) is 4.90. The van der Waals surface area contributed by atoms with Crippen molar-refractivity contribution in [3.63, 3.8) is 0 Å². The molecule has 1 aliphatic carbocycles. The van der Waals surface area contributed by atoms with Crippen molar-refractivity contribution in [1.82, 2.24) is 10.2 Å². The van der Waals surface area contributed by atoms with E-state index in [-0.39, 0.29) is 11.7 Å². The minimum absolute atomic E-state index is 0.0519. The zero-order chi connectivity index (χ0) is 14.8. The van der Waals surface area contributed by atoms with Gasteiger partial charge in [0, 0.05) is 12.6 Å². The Balaban J connectivity index is 1.76. The van der Waals surface area contributed by atoms with Crippen LogP contribution in [0.25, 0.3) is 0 Å². The summed E-state index contributed by atoms with van der Waals surface area (Å²) in [5.41, 5.74) is 0.410. The van der Waals surface area contributed by atoms with E-state index in [1.165, 1.54) is 18.6 Å². The molecule has 0 radical (unpaired) electrons. The second kappa shape index (κ2) is 6.24. The first-order chi connectivity index (χ1) is 10.1. The van der Waals surface area contributed by atoms with E-state index in [0.717, 1.165) is 38.9 Å². The molecule has 0 bridgehead atoms. The molecule has 4 nitrogen and oxygen atoms in total. The van der Waals surface area contributed by atoms with Gasteiger partial charge in [-0.15, -0.1) is 0 Å². The van der Waals surface area contributed by atoms with E-state index < -0.39 is 0 Å². The van der Waals surface area contributed by atoms with Crippen LogP contribution in [0.15, 0.2) is 18.2 Å². The van der Waals surface area contributed by atoms with E-state index >= 15 is 0 Å². The zero-order valence-electron chi connectivity index (χ0n) is 12.0. The highest BCUT2D eigenvalue weighted by Gasteiger charge is 2.35. The summed E-state index contributed by atoms with van der Waals surface area (Å²) in [5, 5.41) is 13.4. The molecule has 114 valence electrons. The number of carbonyl (C=O) groups is 1. The molecule has 1 aliphatic heterocycles. The van der Waals surface area contributed by atoms with Crippen molar-refractivity contribution >= 4 is 17.5 Å². The van der Waals surface area contributed by atoms with Crippen LogP contribution in [0.3, 0.4) is 0 Å². The lowest BCUT2D eigenvalue weighted by molar-refractivity contribution is 0.0704. The summed E-state index contributed by atoms with van der Waals surface area (Å²) >= 11 is 6.13. The molecule has 1 saturated carbocycles. The molecule has 1 amide bonds. The van der Waals surface area contributed by atoms with Gasteiger partial charge in [0.25, 0.3) is 5.91 Å². The molecule has 1 aromatic rings.